The van der Waals surface area contributed by atoms with Crippen LogP contribution < -0.4 is 4.72 Å². The van der Waals surface area contributed by atoms with Gasteiger partial charge in [-0.15, -0.1) is 0 Å². The van der Waals surface area contributed by atoms with Crippen molar-refractivity contribution < 1.29 is 12.8 Å². The van der Waals surface area contributed by atoms with Crippen LogP contribution in [0.5, 0.6) is 0 Å². The van der Waals surface area contributed by atoms with E-state index < -0.39 is 10.2 Å². The van der Waals surface area contributed by atoms with Gasteiger partial charge in [0.15, 0.2) is 0 Å². The highest BCUT2D eigenvalue weighted by Gasteiger charge is 2.37. The predicted molar refractivity (Wildman–Crippen MR) is 85.8 cm³/mol. The summed E-state index contributed by atoms with van der Waals surface area (Å²) < 4.78 is 37.0. The highest BCUT2D eigenvalue weighted by atomic mass is 32.2. The summed E-state index contributed by atoms with van der Waals surface area (Å²) in [7, 11) is -1.76. The van der Waals surface area contributed by atoms with Crippen LogP contribution in [-0.4, -0.2) is 29.0 Å². The first-order chi connectivity index (χ1) is 10.9. The maximum atomic E-state index is 12.8. The standard InChI is InChI=1S/C15H22N4O3S/c1-11(13-10-16-18(3)12(13)2)17-23(20,21)19-8-4-6-14(19)15-7-5-9-22-15/h5,7,9-11,14,17H,4,6,8H2,1-3H3. The Bertz CT molecular complexity index is 767. The van der Waals surface area contributed by atoms with Crippen molar-refractivity contribution >= 4 is 10.2 Å². The van der Waals surface area contributed by atoms with Crippen LogP contribution in [0.4, 0.5) is 0 Å². The average Bonchev–Trinajstić information content (AvgIpc) is 3.20. The van der Waals surface area contributed by atoms with Crippen molar-refractivity contribution in [3.63, 3.8) is 0 Å². The van der Waals surface area contributed by atoms with Gasteiger partial charge in [0.2, 0.25) is 0 Å². The topological polar surface area (TPSA) is 80.4 Å². The molecule has 0 aromatic carbocycles. The fraction of sp³-hybridized carbons (Fsp3) is 0.533. The lowest BCUT2D eigenvalue weighted by Gasteiger charge is -2.25. The second kappa shape index (κ2) is 6.10. The molecule has 1 saturated heterocycles. The summed E-state index contributed by atoms with van der Waals surface area (Å²) in [4.78, 5) is 0. The van der Waals surface area contributed by atoms with Crippen LogP contribution in [0, 0.1) is 6.92 Å². The number of aryl methyl sites for hydroxylation is 1. The van der Waals surface area contributed by atoms with Gasteiger partial charge in [0.05, 0.1) is 18.5 Å². The molecule has 7 nitrogen and oxygen atoms in total. The summed E-state index contributed by atoms with van der Waals surface area (Å²) in [5.41, 5.74) is 1.83. The van der Waals surface area contributed by atoms with Crippen molar-refractivity contribution in [1.82, 2.24) is 18.8 Å². The van der Waals surface area contributed by atoms with Gasteiger partial charge < -0.3 is 4.42 Å². The van der Waals surface area contributed by atoms with Gasteiger partial charge in [0, 0.05) is 30.9 Å². The monoisotopic (exact) mass is 338 g/mol. The Balaban J connectivity index is 1.80. The quantitative estimate of drug-likeness (QED) is 0.905. The molecule has 2 aromatic heterocycles. The van der Waals surface area contributed by atoms with E-state index in [1.807, 2.05) is 27.0 Å². The van der Waals surface area contributed by atoms with Crippen molar-refractivity contribution in [1.29, 1.82) is 0 Å². The second-order valence-electron chi connectivity index (χ2n) is 5.94. The molecule has 1 aliphatic rings. The van der Waals surface area contributed by atoms with Gasteiger partial charge in [0.1, 0.15) is 5.76 Å². The van der Waals surface area contributed by atoms with Crippen LogP contribution in [0.25, 0.3) is 0 Å². The molecule has 2 unspecified atom stereocenters. The van der Waals surface area contributed by atoms with E-state index in [1.165, 1.54) is 4.31 Å². The van der Waals surface area contributed by atoms with Crippen LogP contribution in [0.15, 0.2) is 29.0 Å². The first-order valence-electron chi connectivity index (χ1n) is 7.71. The fourth-order valence-corrected chi connectivity index (χ4v) is 4.71. The van der Waals surface area contributed by atoms with Gasteiger partial charge in [0.25, 0.3) is 10.2 Å². The van der Waals surface area contributed by atoms with Crippen LogP contribution in [0.1, 0.15) is 48.9 Å². The third-order valence-electron chi connectivity index (χ3n) is 4.45. The normalized spacial score (nSPS) is 20.9. The number of furan rings is 1. The van der Waals surface area contributed by atoms with Crippen molar-refractivity contribution in [2.45, 2.75) is 38.8 Å². The Morgan fingerprint density at radius 3 is 2.87 bits per heavy atom. The van der Waals surface area contributed by atoms with E-state index >= 15 is 0 Å². The minimum atomic E-state index is -3.60. The first-order valence-corrected chi connectivity index (χ1v) is 9.15. The van der Waals surface area contributed by atoms with Crippen LogP contribution in [-0.2, 0) is 17.3 Å². The Kier molecular flexibility index (Phi) is 4.31. The van der Waals surface area contributed by atoms with Gasteiger partial charge in [-0.2, -0.15) is 22.5 Å². The molecule has 0 spiro atoms. The smallest absolute Gasteiger partial charge is 0.280 e. The number of hydrogen-bond donors (Lipinski definition) is 1. The average molecular weight is 338 g/mol. The zero-order valence-electron chi connectivity index (χ0n) is 13.6. The molecule has 23 heavy (non-hydrogen) atoms. The molecule has 0 bridgehead atoms. The van der Waals surface area contributed by atoms with E-state index in [9.17, 15) is 8.42 Å². The van der Waals surface area contributed by atoms with Gasteiger partial charge >= 0.3 is 0 Å². The van der Waals surface area contributed by atoms with Crippen LogP contribution >= 0.6 is 0 Å². The molecule has 0 radical (unpaired) electrons. The lowest BCUT2D eigenvalue weighted by molar-refractivity contribution is 0.333. The molecule has 0 amide bonds. The Hall–Kier alpha value is -1.64. The molecule has 0 aliphatic carbocycles. The molecule has 3 rings (SSSR count). The number of aromatic nitrogens is 2. The summed E-state index contributed by atoms with van der Waals surface area (Å²) in [6, 6.07) is 3.04. The molecule has 2 atom stereocenters. The molecular weight excluding hydrogens is 316 g/mol. The largest absolute Gasteiger partial charge is 0.468 e. The van der Waals surface area contributed by atoms with Crippen molar-refractivity contribution in [3.05, 3.63) is 41.6 Å². The van der Waals surface area contributed by atoms with Crippen molar-refractivity contribution in [2.75, 3.05) is 6.54 Å². The van der Waals surface area contributed by atoms with E-state index in [0.717, 1.165) is 24.1 Å². The highest BCUT2D eigenvalue weighted by molar-refractivity contribution is 7.87. The zero-order valence-corrected chi connectivity index (χ0v) is 14.4. The maximum Gasteiger partial charge on any atom is 0.280 e. The molecule has 126 valence electrons. The predicted octanol–water partition coefficient (Wildman–Crippen LogP) is 2.05. The molecule has 0 saturated carbocycles. The molecular formula is C15H22N4O3S. The third kappa shape index (κ3) is 3.06. The summed E-state index contributed by atoms with van der Waals surface area (Å²) in [6.45, 7) is 4.26. The SMILES string of the molecule is Cc1c(C(C)NS(=O)(=O)N2CCCC2c2ccco2)cnn1C. The Morgan fingerprint density at radius 2 is 2.26 bits per heavy atom. The van der Waals surface area contributed by atoms with Crippen LogP contribution in [0.2, 0.25) is 0 Å². The second-order valence-corrected chi connectivity index (χ2v) is 7.59. The summed E-state index contributed by atoms with van der Waals surface area (Å²) in [5.74, 6) is 0.693. The number of nitrogens with zero attached hydrogens (tertiary/aromatic N) is 3. The summed E-state index contributed by atoms with van der Waals surface area (Å²) >= 11 is 0. The van der Waals surface area contributed by atoms with E-state index in [2.05, 4.69) is 9.82 Å². The number of hydrogen-bond acceptors (Lipinski definition) is 4. The van der Waals surface area contributed by atoms with Gasteiger partial charge in [-0.1, -0.05) is 0 Å². The van der Waals surface area contributed by atoms with E-state index in [4.69, 9.17) is 4.42 Å². The first kappa shape index (κ1) is 16.2. The summed E-state index contributed by atoms with van der Waals surface area (Å²) in [6.07, 6.45) is 4.88. The minimum Gasteiger partial charge on any atom is -0.468 e. The molecule has 1 aliphatic heterocycles. The minimum absolute atomic E-state index is 0.232. The third-order valence-corrected chi connectivity index (χ3v) is 6.16. The fourth-order valence-electron chi connectivity index (χ4n) is 3.09. The Labute approximate surface area is 136 Å². The van der Waals surface area contributed by atoms with E-state index in [0.29, 0.717) is 12.3 Å². The highest BCUT2D eigenvalue weighted by Crippen LogP contribution is 2.34. The van der Waals surface area contributed by atoms with E-state index in [-0.39, 0.29) is 12.1 Å². The maximum absolute atomic E-state index is 12.8. The Morgan fingerprint density at radius 1 is 1.48 bits per heavy atom. The molecule has 1 N–H and O–H groups in total. The number of nitrogens with one attached hydrogen (secondary N) is 1. The van der Waals surface area contributed by atoms with Gasteiger partial charge in [-0.25, -0.2) is 0 Å². The van der Waals surface area contributed by atoms with E-state index in [1.54, 1.807) is 23.2 Å². The lowest BCUT2D eigenvalue weighted by Crippen LogP contribution is -2.41. The molecule has 2 aromatic rings. The van der Waals surface area contributed by atoms with Gasteiger partial charge in [-0.3, -0.25) is 4.68 Å². The van der Waals surface area contributed by atoms with Gasteiger partial charge in [-0.05, 0) is 38.8 Å². The summed E-state index contributed by atoms with van der Waals surface area (Å²) in [5, 5.41) is 4.17. The lowest BCUT2D eigenvalue weighted by atomic mass is 10.1. The van der Waals surface area contributed by atoms with Crippen molar-refractivity contribution in [3.8, 4) is 0 Å². The van der Waals surface area contributed by atoms with Crippen LogP contribution in [0.3, 0.4) is 0 Å². The number of rotatable bonds is 5. The molecule has 1 fully saturated rings. The zero-order chi connectivity index (χ0) is 16.6. The van der Waals surface area contributed by atoms with Crippen molar-refractivity contribution in [2.24, 2.45) is 7.05 Å². The molecule has 8 heteroatoms. The molecule has 3 heterocycles.